The lowest BCUT2D eigenvalue weighted by Gasteiger charge is -2.42. The molecule has 0 aromatic heterocycles. The van der Waals surface area contributed by atoms with Gasteiger partial charge >= 0.3 is 0 Å². The predicted octanol–water partition coefficient (Wildman–Crippen LogP) is 0.811. The fourth-order valence-electron chi connectivity index (χ4n) is 9.31. The first-order chi connectivity index (χ1) is 26.1. The number of nitrogens with zero attached hydrogens (tertiary/aromatic N) is 5. The zero-order chi connectivity index (χ0) is 38.1. The maximum Gasteiger partial charge on any atom is 0.264 e. The number of hydrazine groups is 1. The minimum Gasteiger partial charge on any atom is -0.383 e. The summed E-state index contributed by atoms with van der Waals surface area (Å²) in [4.78, 5) is 82.8. The van der Waals surface area contributed by atoms with Crippen molar-refractivity contribution in [2.75, 3.05) is 57.7 Å². The topological polar surface area (TPSA) is 179 Å². The summed E-state index contributed by atoms with van der Waals surface area (Å²) in [7, 11) is 0. The Morgan fingerprint density at radius 1 is 1.00 bits per heavy atom. The molecule has 6 aliphatic rings. The number of alkyl halides is 1. The van der Waals surface area contributed by atoms with Gasteiger partial charge in [0.1, 0.15) is 22.5 Å². The number of rotatable bonds is 13. The molecule has 7 rings (SSSR count). The van der Waals surface area contributed by atoms with Gasteiger partial charge in [-0.05, 0) is 43.7 Å². The minimum absolute atomic E-state index is 0.0703. The van der Waals surface area contributed by atoms with Gasteiger partial charge in [-0.2, -0.15) is 0 Å². The second-order valence-corrected chi connectivity index (χ2v) is 16.1. The molecule has 5 N–H and O–H groups in total. The molecule has 5 amide bonds. The Morgan fingerprint density at radius 3 is 2.50 bits per heavy atom. The first-order valence-electron chi connectivity index (χ1n) is 19.8. The number of piperidine rings is 1. The van der Waals surface area contributed by atoms with Crippen LogP contribution in [0.4, 0.5) is 5.69 Å². The minimum atomic E-state index is -1.01. The Hall–Kier alpha value is -3.70. The summed E-state index contributed by atoms with van der Waals surface area (Å²) in [6.07, 6.45) is 5.78. The van der Waals surface area contributed by atoms with Crippen LogP contribution >= 0.6 is 11.6 Å². The van der Waals surface area contributed by atoms with E-state index in [1.165, 1.54) is 0 Å². The number of carbonyl (C=O) groups is 5. The summed E-state index contributed by atoms with van der Waals surface area (Å²) in [5.41, 5.74) is 1.02. The predicted molar refractivity (Wildman–Crippen MR) is 200 cm³/mol. The van der Waals surface area contributed by atoms with Crippen LogP contribution in [0, 0.1) is 10.8 Å². The number of halogens is 1. The van der Waals surface area contributed by atoms with Gasteiger partial charge in [0.05, 0.1) is 22.6 Å². The van der Waals surface area contributed by atoms with E-state index in [-0.39, 0.29) is 66.2 Å². The van der Waals surface area contributed by atoms with E-state index >= 15 is 0 Å². The maximum atomic E-state index is 13.4. The third kappa shape index (κ3) is 7.85. The summed E-state index contributed by atoms with van der Waals surface area (Å²) in [5, 5.41) is 18.1. The SMILES string of the molecule is CCC(CC)C1CC(N[C@H]2CC[C@H](NCC(=O)N3CCN(CCNc4cccc5c4C(=O)N(C4CCC(=O)NC4=O)C5=O)CC3)C2)N2C(N1)C(Cl)C[N+]2=O. The molecule has 5 aliphatic heterocycles. The number of anilines is 1. The highest BCUT2D eigenvalue weighted by molar-refractivity contribution is 6.25. The number of fused-ring (bicyclic) bond motifs is 2. The second-order valence-electron chi connectivity index (χ2n) is 15.6. The standard InChI is InChI=1S/C37H53ClN10O6/c1-3-22(4-2)28-19-30(48-34(42-28)26(38)21-46(48)54)41-24-9-8-23(18-24)40-20-32(50)45-16-14-44(15-17-45)13-12-39-27-7-5-6-25-33(27)37(53)47(36(25)52)29-10-11-31(49)43-35(29)51/h5-7,22-24,26,28-30,34,40-42H,3-4,8-21H2,1-2H3,(H-,39,43,49,51,53)/p+1/t23-,24-,26?,28?,29?,30?,34?/m0/s1. The molecule has 0 bridgehead atoms. The van der Waals surface area contributed by atoms with Crippen molar-refractivity contribution in [3.63, 3.8) is 0 Å². The van der Waals surface area contributed by atoms with Gasteiger partial charge in [0, 0.05) is 75.9 Å². The number of nitrogens with one attached hydrogen (secondary N) is 5. The highest BCUT2D eigenvalue weighted by atomic mass is 35.5. The van der Waals surface area contributed by atoms with Crippen LogP contribution in [0.3, 0.4) is 0 Å². The van der Waals surface area contributed by atoms with E-state index in [4.69, 9.17) is 11.6 Å². The van der Waals surface area contributed by atoms with Crippen molar-refractivity contribution in [2.45, 2.75) is 107 Å². The van der Waals surface area contributed by atoms with E-state index < -0.39 is 29.7 Å². The van der Waals surface area contributed by atoms with E-state index in [0.717, 1.165) is 61.4 Å². The van der Waals surface area contributed by atoms with E-state index in [9.17, 15) is 28.9 Å². The first-order valence-corrected chi connectivity index (χ1v) is 20.2. The van der Waals surface area contributed by atoms with Crippen molar-refractivity contribution < 1.29 is 28.8 Å². The third-order valence-electron chi connectivity index (χ3n) is 12.4. The van der Waals surface area contributed by atoms with Crippen LogP contribution in [-0.4, -0.2) is 148 Å². The largest absolute Gasteiger partial charge is 0.383 e. The van der Waals surface area contributed by atoms with Gasteiger partial charge in [-0.3, -0.25) is 49.7 Å². The Kier molecular flexibility index (Phi) is 11.8. The molecule has 5 unspecified atom stereocenters. The number of hydrogen-bond acceptors (Lipinski definition) is 11. The van der Waals surface area contributed by atoms with Gasteiger partial charge in [0.25, 0.3) is 11.8 Å². The van der Waals surface area contributed by atoms with Crippen molar-refractivity contribution in [1.82, 2.24) is 41.0 Å². The van der Waals surface area contributed by atoms with Crippen LogP contribution in [0.5, 0.6) is 0 Å². The molecule has 0 radical (unpaired) electrons. The maximum absolute atomic E-state index is 13.4. The van der Waals surface area contributed by atoms with Gasteiger partial charge in [0.15, 0.2) is 6.17 Å². The first kappa shape index (κ1) is 38.6. The number of amides is 5. The highest BCUT2D eigenvalue weighted by Gasteiger charge is 2.54. The van der Waals surface area contributed by atoms with E-state index in [2.05, 4.69) is 45.3 Å². The number of piperazine rings is 1. The fraction of sp³-hybridized carbons (Fsp3) is 0.703. The molecule has 1 aromatic carbocycles. The van der Waals surface area contributed by atoms with Gasteiger partial charge in [-0.15, -0.1) is 16.6 Å². The Labute approximate surface area is 320 Å². The van der Waals surface area contributed by atoms with Crippen LogP contribution in [0.25, 0.3) is 0 Å². The lowest BCUT2D eigenvalue weighted by Crippen LogP contribution is -2.66. The molecular weight excluding hydrogens is 716 g/mol. The number of carbonyl (C=O) groups excluding carboxylic acids is 5. The summed E-state index contributed by atoms with van der Waals surface area (Å²) >= 11 is 6.62. The fourth-order valence-corrected chi connectivity index (χ4v) is 9.62. The number of nitroso groups, excluding NO2 is 1. The molecule has 1 aromatic rings. The quantitative estimate of drug-likeness (QED) is 0.109. The molecule has 1 aliphatic carbocycles. The zero-order valence-electron chi connectivity index (χ0n) is 31.2. The van der Waals surface area contributed by atoms with Crippen molar-refractivity contribution in [3.8, 4) is 0 Å². The van der Waals surface area contributed by atoms with E-state index in [1.807, 2.05) is 9.91 Å². The molecule has 5 heterocycles. The monoisotopic (exact) mass is 769 g/mol. The highest BCUT2D eigenvalue weighted by Crippen LogP contribution is 2.34. The summed E-state index contributed by atoms with van der Waals surface area (Å²) in [5.74, 6) is -1.49. The second kappa shape index (κ2) is 16.6. The number of imide groups is 2. The van der Waals surface area contributed by atoms with Crippen molar-refractivity contribution in [1.29, 1.82) is 0 Å². The lowest BCUT2D eigenvalue weighted by atomic mass is 9.88. The van der Waals surface area contributed by atoms with Gasteiger partial charge in [-0.1, -0.05) is 32.8 Å². The number of benzene rings is 1. The number of hydrogen-bond donors (Lipinski definition) is 5. The average molecular weight is 770 g/mol. The van der Waals surface area contributed by atoms with Crippen molar-refractivity contribution >= 4 is 46.8 Å². The molecule has 17 heteroatoms. The normalized spacial score (nSPS) is 30.3. The molecule has 54 heavy (non-hydrogen) atoms. The molecule has 4 saturated heterocycles. The molecule has 16 nitrogen and oxygen atoms in total. The van der Waals surface area contributed by atoms with Crippen LogP contribution < -0.4 is 26.6 Å². The van der Waals surface area contributed by atoms with Crippen LogP contribution in [0.15, 0.2) is 18.2 Å². The summed E-state index contributed by atoms with van der Waals surface area (Å²) in [6.45, 7) is 8.93. The molecule has 0 spiro atoms. The zero-order valence-corrected chi connectivity index (χ0v) is 32.0. The average Bonchev–Trinajstić information content (AvgIpc) is 3.81. The Morgan fingerprint density at radius 2 is 1.76 bits per heavy atom. The van der Waals surface area contributed by atoms with Gasteiger partial charge < -0.3 is 15.5 Å². The third-order valence-corrected chi connectivity index (χ3v) is 12.7. The van der Waals surface area contributed by atoms with Crippen LogP contribution in [-0.2, 0) is 14.4 Å². The van der Waals surface area contributed by atoms with E-state index in [1.54, 1.807) is 18.2 Å². The molecule has 294 valence electrons. The van der Waals surface area contributed by atoms with Crippen LogP contribution in [0.2, 0.25) is 0 Å². The molecular formula is C37H54ClN10O6+. The molecule has 1 saturated carbocycles. The molecule has 7 atom stereocenters. The summed E-state index contributed by atoms with van der Waals surface area (Å²) in [6, 6.07) is 4.82. The van der Waals surface area contributed by atoms with Crippen molar-refractivity contribution in [3.05, 3.63) is 34.2 Å². The summed E-state index contributed by atoms with van der Waals surface area (Å²) < 4.78 is 0. The smallest absolute Gasteiger partial charge is 0.264 e. The molecule has 5 fully saturated rings. The van der Waals surface area contributed by atoms with Gasteiger partial charge in [0.2, 0.25) is 24.3 Å². The Bertz CT molecular complexity index is 1640. The van der Waals surface area contributed by atoms with E-state index in [0.29, 0.717) is 50.4 Å². The van der Waals surface area contributed by atoms with Crippen molar-refractivity contribution in [2.24, 2.45) is 5.92 Å². The van der Waals surface area contributed by atoms with Crippen LogP contribution in [0.1, 0.15) is 85.9 Å². The lowest BCUT2D eigenvalue weighted by molar-refractivity contribution is -0.702. The Balaban J connectivity index is 0.831. The van der Waals surface area contributed by atoms with Gasteiger partial charge in [-0.25, -0.2) is 0 Å².